The molecule has 1 aliphatic heterocycles. The predicted molar refractivity (Wildman–Crippen MR) is 82.9 cm³/mol. The van der Waals surface area contributed by atoms with Gasteiger partial charge in [0.15, 0.2) is 0 Å². The van der Waals surface area contributed by atoms with Crippen molar-refractivity contribution >= 4 is 21.6 Å². The highest BCUT2D eigenvalue weighted by molar-refractivity contribution is 7.89. The monoisotopic (exact) mass is 332 g/mol. The van der Waals surface area contributed by atoms with Crippen molar-refractivity contribution < 1.29 is 13.2 Å². The summed E-state index contributed by atoms with van der Waals surface area (Å²) < 4.78 is 32.8. The summed E-state index contributed by atoms with van der Waals surface area (Å²) in [5.74, 6) is 0.229. The molecule has 1 saturated heterocycles. The maximum Gasteiger partial charge on any atom is 0.242 e. The average Bonchev–Trinajstić information content (AvgIpc) is 2.48. The molecule has 0 radical (unpaired) electrons. The van der Waals surface area contributed by atoms with E-state index in [2.05, 4.69) is 10.0 Å². The molecule has 1 unspecified atom stereocenters. The molecule has 2 rings (SSSR count). The van der Waals surface area contributed by atoms with Gasteiger partial charge in [0, 0.05) is 19.7 Å². The molecule has 1 heterocycles. The van der Waals surface area contributed by atoms with E-state index in [1.54, 1.807) is 12.1 Å². The van der Waals surface area contributed by atoms with E-state index in [4.69, 9.17) is 16.3 Å². The van der Waals surface area contributed by atoms with Gasteiger partial charge in [-0.15, -0.1) is 0 Å². The van der Waals surface area contributed by atoms with Gasteiger partial charge in [-0.25, -0.2) is 13.1 Å². The Morgan fingerprint density at radius 3 is 2.90 bits per heavy atom. The second-order valence-electron chi connectivity index (χ2n) is 5.23. The number of sulfonamides is 1. The second kappa shape index (κ2) is 7.56. The fourth-order valence-corrected chi connectivity index (χ4v) is 4.01. The van der Waals surface area contributed by atoms with Crippen LogP contribution in [0.3, 0.4) is 0 Å². The molecular weight excluding hydrogens is 312 g/mol. The SMILES string of the molecule is CNCc1ccc(Cl)c(S(=O)(=O)NCC2CCCOC2)c1. The Labute approximate surface area is 131 Å². The highest BCUT2D eigenvalue weighted by Crippen LogP contribution is 2.23. The molecule has 1 aliphatic rings. The summed E-state index contributed by atoms with van der Waals surface area (Å²) in [6.45, 7) is 2.35. The van der Waals surface area contributed by atoms with Crippen LogP contribution >= 0.6 is 11.6 Å². The van der Waals surface area contributed by atoms with Crippen molar-refractivity contribution in [3.8, 4) is 0 Å². The fraction of sp³-hybridized carbons (Fsp3) is 0.571. The summed E-state index contributed by atoms with van der Waals surface area (Å²) in [7, 11) is -1.79. The normalized spacial score (nSPS) is 19.6. The lowest BCUT2D eigenvalue weighted by Gasteiger charge is -2.22. The third-order valence-electron chi connectivity index (χ3n) is 3.48. The summed E-state index contributed by atoms with van der Waals surface area (Å²) in [6.07, 6.45) is 1.96. The molecule has 0 saturated carbocycles. The lowest BCUT2D eigenvalue weighted by molar-refractivity contribution is 0.0568. The second-order valence-corrected chi connectivity index (χ2v) is 7.37. The molecule has 1 fully saturated rings. The van der Waals surface area contributed by atoms with Crippen LogP contribution in [0.4, 0.5) is 0 Å². The molecule has 1 aromatic carbocycles. The van der Waals surface area contributed by atoms with Gasteiger partial charge in [0.1, 0.15) is 4.90 Å². The maximum atomic E-state index is 12.4. The number of hydrogen-bond acceptors (Lipinski definition) is 4. The summed E-state index contributed by atoms with van der Waals surface area (Å²) in [5, 5.41) is 3.23. The van der Waals surface area contributed by atoms with Crippen LogP contribution in [0, 0.1) is 5.92 Å². The maximum absolute atomic E-state index is 12.4. The third-order valence-corrected chi connectivity index (χ3v) is 5.39. The molecule has 2 N–H and O–H groups in total. The molecule has 0 aliphatic carbocycles. The van der Waals surface area contributed by atoms with Crippen molar-refractivity contribution in [2.45, 2.75) is 24.3 Å². The minimum Gasteiger partial charge on any atom is -0.381 e. The zero-order valence-electron chi connectivity index (χ0n) is 12.1. The summed E-state index contributed by atoms with van der Waals surface area (Å²) in [5.41, 5.74) is 0.878. The predicted octanol–water partition coefficient (Wildman–Crippen LogP) is 1.76. The zero-order chi connectivity index (χ0) is 15.3. The minimum atomic E-state index is -3.60. The molecule has 1 aromatic rings. The zero-order valence-corrected chi connectivity index (χ0v) is 13.6. The van der Waals surface area contributed by atoms with E-state index < -0.39 is 10.0 Å². The Morgan fingerprint density at radius 1 is 1.43 bits per heavy atom. The molecule has 1 atom stereocenters. The molecule has 21 heavy (non-hydrogen) atoms. The van der Waals surface area contributed by atoms with Crippen LogP contribution in [0.15, 0.2) is 23.1 Å². The molecule has 0 bridgehead atoms. The van der Waals surface area contributed by atoms with Gasteiger partial charge in [0.25, 0.3) is 0 Å². The molecule has 7 heteroatoms. The summed E-state index contributed by atoms with van der Waals surface area (Å²) >= 11 is 6.04. The van der Waals surface area contributed by atoms with Crippen LogP contribution in [0.2, 0.25) is 5.02 Å². The van der Waals surface area contributed by atoms with Crippen LogP contribution in [-0.4, -0.2) is 35.2 Å². The van der Waals surface area contributed by atoms with E-state index in [9.17, 15) is 8.42 Å². The van der Waals surface area contributed by atoms with Crippen molar-refractivity contribution in [2.24, 2.45) is 5.92 Å². The van der Waals surface area contributed by atoms with Gasteiger partial charge in [-0.3, -0.25) is 0 Å². The van der Waals surface area contributed by atoms with E-state index in [1.807, 2.05) is 13.1 Å². The lowest BCUT2D eigenvalue weighted by Crippen LogP contribution is -2.33. The van der Waals surface area contributed by atoms with Crippen LogP contribution < -0.4 is 10.0 Å². The lowest BCUT2D eigenvalue weighted by atomic mass is 10.0. The summed E-state index contributed by atoms with van der Waals surface area (Å²) in [6, 6.07) is 5.04. The van der Waals surface area contributed by atoms with Gasteiger partial charge in [0.05, 0.1) is 11.6 Å². The minimum absolute atomic E-state index is 0.133. The largest absolute Gasteiger partial charge is 0.381 e. The third kappa shape index (κ3) is 4.66. The van der Waals surface area contributed by atoms with E-state index in [0.29, 0.717) is 19.7 Å². The Balaban J connectivity index is 2.08. The van der Waals surface area contributed by atoms with Gasteiger partial charge in [0.2, 0.25) is 10.0 Å². The first-order chi connectivity index (χ1) is 10.0. The number of nitrogens with one attached hydrogen (secondary N) is 2. The average molecular weight is 333 g/mol. The first-order valence-corrected chi connectivity index (χ1v) is 8.89. The van der Waals surface area contributed by atoms with Crippen LogP contribution in [-0.2, 0) is 21.3 Å². The van der Waals surface area contributed by atoms with E-state index in [0.717, 1.165) is 25.0 Å². The molecule has 0 amide bonds. The first kappa shape index (κ1) is 16.7. The van der Waals surface area contributed by atoms with Gasteiger partial charge in [-0.1, -0.05) is 17.7 Å². The topological polar surface area (TPSA) is 67.4 Å². The van der Waals surface area contributed by atoms with Gasteiger partial charge in [-0.2, -0.15) is 0 Å². The highest BCUT2D eigenvalue weighted by atomic mass is 35.5. The smallest absolute Gasteiger partial charge is 0.242 e. The molecular formula is C14H21ClN2O3S. The number of ether oxygens (including phenoxy) is 1. The van der Waals surface area contributed by atoms with E-state index in [1.165, 1.54) is 0 Å². The van der Waals surface area contributed by atoms with E-state index >= 15 is 0 Å². The molecule has 0 spiro atoms. The Hall–Kier alpha value is -0.660. The van der Waals surface area contributed by atoms with Gasteiger partial charge in [-0.05, 0) is 43.5 Å². The number of halogens is 1. The fourth-order valence-electron chi connectivity index (χ4n) is 2.34. The van der Waals surface area contributed by atoms with Gasteiger partial charge < -0.3 is 10.1 Å². The van der Waals surface area contributed by atoms with Crippen LogP contribution in [0.5, 0.6) is 0 Å². The van der Waals surface area contributed by atoms with Crippen molar-refractivity contribution in [3.63, 3.8) is 0 Å². The van der Waals surface area contributed by atoms with Crippen molar-refractivity contribution in [3.05, 3.63) is 28.8 Å². The number of hydrogen-bond donors (Lipinski definition) is 2. The molecule has 0 aromatic heterocycles. The van der Waals surface area contributed by atoms with Crippen molar-refractivity contribution in [1.29, 1.82) is 0 Å². The quantitative estimate of drug-likeness (QED) is 0.833. The first-order valence-electron chi connectivity index (χ1n) is 7.03. The van der Waals surface area contributed by atoms with E-state index in [-0.39, 0.29) is 15.8 Å². The molecule has 118 valence electrons. The van der Waals surface area contributed by atoms with Crippen LogP contribution in [0.25, 0.3) is 0 Å². The molecule has 5 nitrogen and oxygen atoms in total. The summed E-state index contributed by atoms with van der Waals surface area (Å²) in [4.78, 5) is 0.133. The Kier molecular flexibility index (Phi) is 6.01. The van der Waals surface area contributed by atoms with Crippen LogP contribution in [0.1, 0.15) is 18.4 Å². The number of rotatable bonds is 6. The van der Waals surface area contributed by atoms with Crippen molar-refractivity contribution in [2.75, 3.05) is 26.8 Å². The standard InChI is InChI=1S/C14H21ClN2O3S/c1-16-8-11-4-5-13(15)14(7-11)21(18,19)17-9-12-3-2-6-20-10-12/h4-5,7,12,16-17H,2-3,6,8-10H2,1H3. The Morgan fingerprint density at radius 2 is 2.24 bits per heavy atom. The Bertz CT molecular complexity index is 572. The number of benzene rings is 1. The van der Waals surface area contributed by atoms with Gasteiger partial charge >= 0.3 is 0 Å². The highest BCUT2D eigenvalue weighted by Gasteiger charge is 2.21. The van der Waals surface area contributed by atoms with Crippen molar-refractivity contribution in [1.82, 2.24) is 10.0 Å².